The molecular weight excluding hydrogens is 589 g/mol. The van der Waals surface area contributed by atoms with Crippen molar-refractivity contribution in [1.82, 2.24) is 4.98 Å². The molecule has 13 heteroatoms. The Balaban J connectivity index is 0.00000461. The Morgan fingerprint density at radius 3 is 2.16 bits per heavy atom. The number of carboxylic acids is 1. The fourth-order valence-corrected chi connectivity index (χ4v) is 4.56. The van der Waals surface area contributed by atoms with Crippen molar-refractivity contribution in [2.75, 3.05) is 21.3 Å². The van der Waals surface area contributed by atoms with Gasteiger partial charge in [0.2, 0.25) is 0 Å². The Labute approximate surface area is 279 Å². The van der Waals surface area contributed by atoms with E-state index in [4.69, 9.17) is 14.2 Å². The Morgan fingerprint density at radius 2 is 1.42 bits per heavy atom. The van der Waals surface area contributed by atoms with Gasteiger partial charge in [0.05, 0.1) is 38.1 Å². The molecule has 0 aliphatic rings. The molecule has 1 heterocycles. The third kappa shape index (κ3) is 7.20. The molecule has 12 nitrogen and oxygen atoms in total. The maximum atomic E-state index is 12.7. The van der Waals surface area contributed by atoms with Crippen molar-refractivity contribution in [2.45, 2.75) is 6.42 Å². The molecule has 1 aromatic heterocycles. The summed E-state index contributed by atoms with van der Waals surface area (Å²) >= 11 is 0. The summed E-state index contributed by atoms with van der Waals surface area (Å²) in [5.41, 5.74) is 1.69. The van der Waals surface area contributed by atoms with Gasteiger partial charge in [-0.25, -0.2) is 4.79 Å². The molecule has 5 aromatic rings. The number of aromatic amines is 1. The number of carboxylic acid groups (broad SMARTS) is 1. The molecule has 0 fully saturated rings. The fraction of sp³-hybridized carbons (Fsp3) is 0.125. The number of aromatic hydroxyl groups is 1. The number of nitrogens with one attached hydrogen (secondary N) is 1. The van der Waals surface area contributed by atoms with Gasteiger partial charge in [-0.15, -0.1) is 20.5 Å². The number of methoxy groups -OCH3 is 3. The van der Waals surface area contributed by atoms with E-state index < -0.39 is 11.5 Å². The van der Waals surface area contributed by atoms with Crippen LogP contribution in [0.15, 0.2) is 104 Å². The number of fused-ring (bicyclic) bond motifs is 1. The predicted molar refractivity (Wildman–Crippen MR) is 163 cm³/mol. The van der Waals surface area contributed by atoms with E-state index in [1.165, 1.54) is 27.4 Å². The van der Waals surface area contributed by atoms with Crippen molar-refractivity contribution >= 4 is 39.6 Å². The number of hydrogen-bond acceptors (Lipinski definition) is 10. The number of para-hydroxylation sites is 1. The van der Waals surface area contributed by atoms with Crippen LogP contribution in [0.1, 0.15) is 21.5 Å². The zero-order valence-electron chi connectivity index (χ0n) is 24.9. The molecule has 3 N–H and O–H groups in total. The third-order valence-corrected chi connectivity index (χ3v) is 6.79. The number of azo groups is 2. The van der Waals surface area contributed by atoms with Gasteiger partial charge in [-0.2, -0.15) is 0 Å². The van der Waals surface area contributed by atoms with Crippen LogP contribution in [0, 0.1) is 0 Å². The van der Waals surface area contributed by atoms with E-state index >= 15 is 0 Å². The first-order valence-corrected chi connectivity index (χ1v) is 13.2. The van der Waals surface area contributed by atoms with Gasteiger partial charge in [-0.1, -0.05) is 30.3 Å². The molecule has 0 bridgehead atoms. The van der Waals surface area contributed by atoms with Gasteiger partial charge in [0, 0.05) is 23.9 Å². The molecule has 5 rings (SSSR count). The van der Waals surface area contributed by atoms with Crippen molar-refractivity contribution in [3.63, 3.8) is 0 Å². The van der Waals surface area contributed by atoms with Crippen LogP contribution in [-0.2, 0) is 6.42 Å². The molecule has 0 radical (unpaired) electrons. The summed E-state index contributed by atoms with van der Waals surface area (Å²) < 4.78 is 16.3. The molecule has 0 saturated heterocycles. The molecule has 45 heavy (non-hydrogen) atoms. The first-order chi connectivity index (χ1) is 21.3. The summed E-state index contributed by atoms with van der Waals surface area (Å²) in [6.07, 6.45) is 0.139. The van der Waals surface area contributed by atoms with Gasteiger partial charge in [0.25, 0.3) is 5.56 Å². The van der Waals surface area contributed by atoms with Crippen molar-refractivity contribution in [1.29, 1.82) is 0 Å². The summed E-state index contributed by atoms with van der Waals surface area (Å²) in [6, 6.07) is 21.6. The molecule has 0 spiro atoms. The van der Waals surface area contributed by atoms with E-state index in [1.807, 2.05) is 0 Å². The minimum absolute atomic E-state index is 0. The van der Waals surface area contributed by atoms with Crippen molar-refractivity contribution in [3.05, 3.63) is 106 Å². The number of pyridine rings is 1. The van der Waals surface area contributed by atoms with E-state index in [-0.39, 0.29) is 64.4 Å². The monoisotopic (exact) mass is 616 g/mol. The molecule has 0 atom stereocenters. The zero-order valence-corrected chi connectivity index (χ0v) is 26.9. The number of carbonyl (C=O) groups is 1. The van der Waals surface area contributed by atoms with Crippen LogP contribution >= 0.6 is 0 Å². The molecule has 0 saturated carbocycles. The molecule has 4 aromatic carbocycles. The van der Waals surface area contributed by atoms with E-state index in [1.54, 1.807) is 72.8 Å². The van der Waals surface area contributed by atoms with Crippen LogP contribution < -0.4 is 49.3 Å². The molecule has 0 aliphatic carbocycles. The fourth-order valence-electron chi connectivity index (χ4n) is 4.56. The van der Waals surface area contributed by atoms with Gasteiger partial charge >= 0.3 is 35.5 Å². The number of hydrogen-bond donors (Lipinski definition) is 3. The normalized spacial score (nSPS) is 11.1. The maximum absolute atomic E-state index is 12.7. The minimum atomic E-state index is -1.08. The Kier molecular flexibility index (Phi) is 10.7. The SMILES string of the molecule is COc1ccc(OC)c(N=Nc2cc(OC)c(N=Nc3c(O)c4ccccc4[nH]c3=O)cc2Cc2ccccc2C(=O)O)c1.[Na+]. The quantitative estimate of drug-likeness (QED) is 0.155. The molecular formula is C32H27N5NaO7+. The number of aromatic carboxylic acids is 1. The number of ether oxygens (including phenoxy) is 3. The summed E-state index contributed by atoms with van der Waals surface area (Å²) in [4.78, 5) is 27.3. The zero-order chi connectivity index (χ0) is 31.2. The molecule has 0 unspecified atom stereocenters. The van der Waals surface area contributed by atoms with Gasteiger partial charge in [0.15, 0.2) is 11.4 Å². The summed E-state index contributed by atoms with van der Waals surface area (Å²) in [7, 11) is 4.47. The van der Waals surface area contributed by atoms with Crippen molar-refractivity contribution in [3.8, 4) is 23.0 Å². The smallest absolute Gasteiger partial charge is 0.505 e. The number of rotatable bonds is 10. The third-order valence-electron chi connectivity index (χ3n) is 6.79. The summed E-state index contributed by atoms with van der Waals surface area (Å²) in [5.74, 6) is -0.141. The average Bonchev–Trinajstić information content (AvgIpc) is 3.04. The topological polar surface area (TPSA) is 168 Å². The van der Waals surface area contributed by atoms with Gasteiger partial charge in [-0.3, -0.25) is 4.79 Å². The van der Waals surface area contributed by atoms with E-state index in [2.05, 4.69) is 25.4 Å². The average molecular weight is 617 g/mol. The largest absolute Gasteiger partial charge is 1.00 e. The minimum Gasteiger partial charge on any atom is -0.505 e. The molecule has 0 amide bonds. The van der Waals surface area contributed by atoms with Crippen molar-refractivity contribution in [2.24, 2.45) is 20.5 Å². The van der Waals surface area contributed by atoms with Crippen LogP contribution in [0.4, 0.5) is 22.7 Å². The first kappa shape index (κ1) is 32.9. The van der Waals surface area contributed by atoms with E-state index in [9.17, 15) is 19.8 Å². The second-order valence-corrected chi connectivity index (χ2v) is 9.43. The number of nitrogens with zero attached hydrogens (tertiary/aromatic N) is 4. The van der Waals surface area contributed by atoms with Crippen LogP contribution in [0.25, 0.3) is 10.9 Å². The van der Waals surface area contributed by atoms with E-state index in [0.29, 0.717) is 44.9 Å². The predicted octanol–water partition coefficient (Wildman–Crippen LogP) is 4.38. The second kappa shape index (κ2) is 14.6. The van der Waals surface area contributed by atoms with Crippen LogP contribution in [0.2, 0.25) is 0 Å². The number of H-pyrrole nitrogens is 1. The first-order valence-electron chi connectivity index (χ1n) is 13.2. The summed E-state index contributed by atoms with van der Waals surface area (Å²) in [6.45, 7) is 0. The van der Waals surface area contributed by atoms with Crippen LogP contribution in [-0.4, -0.2) is 42.5 Å². The Hall–Kier alpha value is -5.04. The van der Waals surface area contributed by atoms with Gasteiger partial charge in [-0.05, 0) is 47.5 Å². The van der Waals surface area contributed by atoms with Crippen LogP contribution in [0.3, 0.4) is 0 Å². The molecule has 222 valence electrons. The maximum Gasteiger partial charge on any atom is 1.00 e. The van der Waals surface area contributed by atoms with E-state index in [0.717, 1.165) is 0 Å². The molecule has 0 aliphatic heterocycles. The number of aromatic nitrogens is 1. The Morgan fingerprint density at radius 1 is 0.756 bits per heavy atom. The Bertz CT molecular complexity index is 1990. The van der Waals surface area contributed by atoms with Crippen molar-refractivity contribution < 1.29 is 58.8 Å². The second-order valence-electron chi connectivity index (χ2n) is 9.43. The van der Waals surface area contributed by atoms with Gasteiger partial charge < -0.3 is 29.4 Å². The van der Waals surface area contributed by atoms with Gasteiger partial charge in [0.1, 0.15) is 28.6 Å². The summed E-state index contributed by atoms with van der Waals surface area (Å²) in [5, 5.41) is 38.1. The number of benzene rings is 4. The van der Waals surface area contributed by atoms with Crippen LogP contribution in [0.5, 0.6) is 23.0 Å². The standard InChI is InChI=1S/C32H27N5O7.Na/c1-42-20-12-13-27(43-2)26(16-20)35-34-24-17-28(44-3)25(15-19(24)14-18-8-4-5-9-21(18)32(40)41)36-37-29-30(38)22-10-6-7-11-23(22)33-31(29)39;/h4-13,15-17H,14H2,1-3H3,(H,40,41)(H2,33,38,39);/q;+1.